The minimum Gasteiger partial charge on any atom is -0.0620 e. The molecule has 1 aliphatic carbocycles. The van der Waals surface area contributed by atoms with Gasteiger partial charge in [-0.3, -0.25) is 0 Å². The molecular formula is C22H20. The molecule has 1 unspecified atom stereocenters. The molecule has 0 saturated heterocycles. The summed E-state index contributed by atoms with van der Waals surface area (Å²) in [4.78, 5) is 0. The zero-order valence-corrected chi connectivity index (χ0v) is 12.9. The van der Waals surface area contributed by atoms with Crippen LogP contribution in [0.5, 0.6) is 0 Å². The fraction of sp³-hybridized carbons (Fsp3) is 0.182. The molecule has 108 valence electrons. The van der Waals surface area contributed by atoms with Gasteiger partial charge in [-0.15, -0.1) is 0 Å². The summed E-state index contributed by atoms with van der Waals surface area (Å²) in [5.41, 5.74) is 8.79. The molecule has 4 rings (SSSR count). The van der Waals surface area contributed by atoms with E-state index in [2.05, 4.69) is 79.7 Å². The molecule has 0 radical (unpaired) electrons. The first-order chi connectivity index (χ1) is 10.8. The SMILES string of the molecule is Cc1ccccc1C1Cc2ccccc2Cc2ccccc21. The van der Waals surface area contributed by atoms with E-state index in [4.69, 9.17) is 0 Å². The Kier molecular flexibility index (Phi) is 3.31. The van der Waals surface area contributed by atoms with Crippen molar-refractivity contribution in [2.45, 2.75) is 25.7 Å². The number of benzene rings is 3. The van der Waals surface area contributed by atoms with Gasteiger partial charge in [-0.2, -0.15) is 0 Å². The second kappa shape index (κ2) is 5.46. The monoisotopic (exact) mass is 284 g/mol. The molecule has 0 heteroatoms. The van der Waals surface area contributed by atoms with Crippen molar-refractivity contribution in [2.24, 2.45) is 0 Å². The molecule has 0 spiro atoms. The Morgan fingerprint density at radius 3 is 2.00 bits per heavy atom. The maximum atomic E-state index is 2.32. The number of rotatable bonds is 1. The average Bonchev–Trinajstić information content (AvgIpc) is 2.72. The van der Waals surface area contributed by atoms with E-state index in [1.807, 2.05) is 0 Å². The Morgan fingerprint density at radius 2 is 1.23 bits per heavy atom. The summed E-state index contributed by atoms with van der Waals surface area (Å²) in [6.07, 6.45) is 2.15. The van der Waals surface area contributed by atoms with Crippen LogP contribution in [0.15, 0.2) is 72.8 Å². The van der Waals surface area contributed by atoms with Gasteiger partial charge in [0.2, 0.25) is 0 Å². The summed E-state index contributed by atoms with van der Waals surface area (Å²) in [5, 5.41) is 0. The first-order valence-electron chi connectivity index (χ1n) is 8.03. The molecule has 1 aliphatic rings. The van der Waals surface area contributed by atoms with Gasteiger partial charge in [-0.25, -0.2) is 0 Å². The largest absolute Gasteiger partial charge is 0.0620 e. The molecule has 0 N–H and O–H groups in total. The number of hydrogen-bond acceptors (Lipinski definition) is 0. The zero-order chi connectivity index (χ0) is 14.9. The third-order valence-electron chi connectivity index (χ3n) is 4.92. The molecule has 1 atom stereocenters. The first kappa shape index (κ1) is 13.3. The quantitative estimate of drug-likeness (QED) is 0.571. The van der Waals surface area contributed by atoms with Crippen LogP contribution < -0.4 is 0 Å². The lowest BCUT2D eigenvalue weighted by atomic mass is 9.83. The fourth-order valence-electron chi connectivity index (χ4n) is 3.75. The third-order valence-corrected chi connectivity index (χ3v) is 4.92. The van der Waals surface area contributed by atoms with Crippen LogP contribution >= 0.6 is 0 Å². The van der Waals surface area contributed by atoms with Crippen LogP contribution in [0.4, 0.5) is 0 Å². The Balaban J connectivity index is 1.92. The van der Waals surface area contributed by atoms with Crippen molar-refractivity contribution in [1.29, 1.82) is 0 Å². The van der Waals surface area contributed by atoms with Crippen LogP contribution in [0, 0.1) is 6.92 Å². The molecule has 0 aliphatic heterocycles. The highest BCUT2D eigenvalue weighted by Crippen LogP contribution is 2.37. The van der Waals surface area contributed by atoms with Gasteiger partial charge >= 0.3 is 0 Å². The van der Waals surface area contributed by atoms with Crippen LogP contribution in [-0.4, -0.2) is 0 Å². The van der Waals surface area contributed by atoms with Crippen LogP contribution in [0.2, 0.25) is 0 Å². The van der Waals surface area contributed by atoms with Crippen molar-refractivity contribution in [2.75, 3.05) is 0 Å². The number of fused-ring (bicyclic) bond motifs is 2. The molecular weight excluding hydrogens is 264 g/mol. The molecule has 3 aromatic rings. The van der Waals surface area contributed by atoms with Gasteiger partial charge in [0.25, 0.3) is 0 Å². The Morgan fingerprint density at radius 1 is 0.636 bits per heavy atom. The minimum atomic E-state index is 0.459. The maximum Gasteiger partial charge on any atom is 0.0135 e. The maximum absolute atomic E-state index is 2.32. The molecule has 22 heavy (non-hydrogen) atoms. The predicted octanol–water partition coefficient (Wildman–Crippen LogP) is 5.27. The highest BCUT2D eigenvalue weighted by atomic mass is 14.3. The fourth-order valence-corrected chi connectivity index (χ4v) is 3.75. The highest BCUT2D eigenvalue weighted by Gasteiger charge is 2.23. The average molecular weight is 284 g/mol. The number of aryl methyl sites for hydroxylation is 1. The molecule has 0 amide bonds. The van der Waals surface area contributed by atoms with E-state index in [-0.39, 0.29) is 0 Å². The lowest BCUT2D eigenvalue weighted by molar-refractivity contribution is 0.801. The van der Waals surface area contributed by atoms with Crippen molar-refractivity contribution < 1.29 is 0 Å². The first-order valence-corrected chi connectivity index (χ1v) is 8.03. The molecule has 0 heterocycles. The van der Waals surface area contributed by atoms with Crippen molar-refractivity contribution in [3.05, 3.63) is 106 Å². The van der Waals surface area contributed by atoms with E-state index in [1.54, 1.807) is 0 Å². The van der Waals surface area contributed by atoms with Crippen molar-refractivity contribution >= 4 is 0 Å². The second-order valence-corrected chi connectivity index (χ2v) is 6.26. The molecule has 0 aromatic heterocycles. The van der Waals surface area contributed by atoms with Gasteiger partial charge in [0.1, 0.15) is 0 Å². The molecule has 0 bridgehead atoms. The Hall–Kier alpha value is -2.34. The summed E-state index contributed by atoms with van der Waals surface area (Å²) < 4.78 is 0. The summed E-state index contributed by atoms with van der Waals surface area (Å²) in [5.74, 6) is 0.459. The van der Waals surface area contributed by atoms with E-state index >= 15 is 0 Å². The van der Waals surface area contributed by atoms with Crippen LogP contribution in [0.3, 0.4) is 0 Å². The van der Waals surface area contributed by atoms with Crippen molar-refractivity contribution in [1.82, 2.24) is 0 Å². The normalized spacial score (nSPS) is 16.5. The van der Waals surface area contributed by atoms with Gasteiger partial charge < -0.3 is 0 Å². The Labute approximate surface area is 132 Å². The van der Waals surface area contributed by atoms with Crippen LogP contribution in [0.25, 0.3) is 0 Å². The summed E-state index contributed by atoms with van der Waals surface area (Å²) in [6, 6.07) is 26.7. The molecule has 0 nitrogen and oxygen atoms in total. The van der Waals surface area contributed by atoms with Crippen molar-refractivity contribution in [3.8, 4) is 0 Å². The topological polar surface area (TPSA) is 0 Å². The summed E-state index contributed by atoms with van der Waals surface area (Å²) >= 11 is 0. The highest BCUT2D eigenvalue weighted by molar-refractivity contribution is 5.48. The van der Waals surface area contributed by atoms with E-state index in [0.29, 0.717) is 5.92 Å². The summed E-state index contributed by atoms with van der Waals surface area (Å²) in [6.45, 7) is 2.23. The van der Waals surface area contributed by atoms with E-state index in [0.717, 1.165) is 12.8 Å². The summed E-state index contributed by atoms with van der Waals surface area (Å²) in [7, 11) is 0. The standard InChI is InChI=1S/C22H20/c1-16-8-2-6-12-20(16)22-15-18-10-4-3-9-17(18)14-19-11-5-7-13-21(19)22/h2-13,22H,14-15H2,1H3. The third kappa shape index (κ3) is 2.25. The van der Waals surface area contributed by atoms with Gasteiger partial charge in [0, 0.05) is 5.92 Å². The van der Waals surface area contributed by atoms with Gasteiger partial charge in [-0.05, 0) is 53.1 Å². The number of hydrogen-bond donors (Lipinski definition) is 0. The van der Waals surface area contributed by atoms with E-state index < -0.39 is 0 Å². The Bertz CT molecular complexity index is 814. The van der Waals surface area contributed by atoms with Gasteiger partial charge in [0.15, 0.2) is 0 Å². The molecule has 3 aromatic carbocycles. The van der Waals surface area contributed by atoms with E-state index in [9.17, 15) is 0 Å². The van der Waals surface area contributed by atoms with Gasteiger partial charge in [-0.1, -0.05) is 72.8 Å². The minimum absolute atomic E-state index is 0.459. The lowest BCUT2D eigenvalue weighted by Gasteiger charge is -2.20. The van der Waals surface area contributed by atoms with Crippen molar-refractivity contribution in [3.63, 3.8) is 0 Å². The second-order valence-electron chi connectivity index (χ2n) is 6.26. The molecule has 0 fully saturated rings. The smallest absolute Gasteiger partial charge is 0.0135 e. The predicted molar refractivity (Wildman–Crippen MR) is 92.4 cm³/mol. The van der Waals surface area contributed by atoms with Crippen LogP contribution in [0.1, 0.15) is 39.3 Å². The zero-order valence-electron chi connectivity index (χ0n) is 12.9. The van der Waals surface area contributed by atoms with E-state index in [1.165, 1.54) is 33.4 Å². The molecule has 0 saturated carbocycles. The lowest BCUT2D eigenvalue weighted by Crippen LogP contribution is -2.07. The van der Waals surface area contributed by atoms with Gasteiger partial charge in [0.05, 0.1) is 0 Å². The van der Waals surface area contributed by atoms with Crippen LogP contribution in [-0.2, 0) is 12.8 Å².